The molecule has 0 heterocycles. The average molecular weight is 119 g/mol. The number of carbonyl (C=O) groups is 1. The molecule has 0 amide bonds. The second-order valence-corrected chi connectivity index (χ2v) is 1.76. The Morgan fingerprint density at radius 1 is 2.00 bits per heavy atom. The van der Waals surface area contributed by atoms with Gasteiger partial charge in [0.25, 0.3) is 0 Å². The van der Waals surface area contributed by atoms with Gasteiger partial charge in [-0.25, -0.2) is 0 Å². The Morgan fingerprint density at radius 2 is 2.43 bits per heavy atom. The van der Waals surface area contributed by atoms with Crippen molar-refractivity contribution in [3.8, 4) is 0 Å². The molecule has 3 heteroatoms. The molecule has 0 aromatic carbocycles. The van der Waals surface area contributed by atoms with Gasteiger partial charge in [0.15, 0.2) is 0 Å². The van der Waals surface area contributed by atoms with Crippen molar-refractivity contribution in [2.75, 3.05) is 5.75 Å². The number of nitrogens with two attached hydrogens (primary N) is 1. The first-order valence-electron chi connectivity index (χ1n) is 2.05. The van der Waals surface area contributed by atoms with E-state index in [1.807, 2.05) is 0 Å². The van der Waals surface area contributed by atoms with Crippen LogP contribution in [0.5, 0.6) is 0 Å². The summed E-state index contributed by atoms with van der Waals surface area (Å²) in [6.45, 7) is 1.46. The van der Waals surface area contributed by atoms with Crippen molar-refractivity contribution in [1.82, 2.24) is 0 Å². The van der Waals surface area contributed by atoms with Crippen LogP contribution in [0.3, 0.4) is 0 Å². The van der Waals surface area contributed by atoms with Gasteiger partial charge in [0.2, 0.25) is 0 Å². The molecule has 0 aliphatic heterocycles. The molecule has 0 aliphatic carbocycles. The molecular weight excluding hydrogens is 110 g/mol. The van der Waals surface area contributed by atoms with Crippen LogP contribution in [-0.2, 0) is 4.79 Å². The highest BCUT2D eigenvalue weighted by Gasteiger charge is 2.02. The summed E-state index contributed by atoms with van der Waals surface area (Å²) in [5.74, 6) is 0.435. The predicted molar refractivity (Wildman–Crippen MR) is 32.5 cm³/mol. The van der Waals surface area contributed by atoms with Crippen molar-refractivity contribution in [2.24, 2.45) is 5.73 Å². The molecule has 1 atom stereocenters. The maximum Gasteiger partial charge on any atom is 0.147 e. The highest BCUT2D eigenvalue weighted by molar-refractivity contribution is 7.80. The zero-order valence-corrected chi connectivity index (χ0v) is 5.11. The second-order valence-electron chi connectivity index (χ2n) is 1.40. The lowest BCUT2D eigenvalue weighted by atomic mass is 10.3. The van der Waals surface area contributed by atoms with Crippen LogP contribution in [0, 0.1) is 0 Å². The maximum absolute atomic E-state index is 10.2. The number of rotatable bonds is 2. The molecule has 2 N–H and O–H groups in total. The van der Waals surface area contributed by atoms with E-state index in [0.717, 1.165) is 0 Å². The number of ketones is 1. The van der Waals surface area contributed by atoms with E-state index in [9.17, 15) is 4.79 Å². The van der Waals surface area contributed by atoms with Gasteiger partial charge in [0, 0.05) is 5.75 Å². The first-order chi connectivity index (χ1) is 3.18. The fraction of sp³-hybridized carbons (Fsp3) is 0.750. The Kier molecular flexibility index (Phi) is 3.04. The van der Waals surface area contributed by atoms with Crippen molar-refractivity contribution < 1.29 is 4.79 Å². The molecule has 0 rings (SSSR count). The van der Waals surface area contributed by atoms with Gasteiger partial charge in [0.1, 0.15) is 5.78 Å². The predicted octanol–water partition coefficient (Wildman–Crippen LogP) is -0.167. The Balaban J connectivity index is 3.34. The van der Waals surface area contributed by atoms with Gasteiger partial charge >= 0.3 is 0 Å². The summed E-state index contributed by atoms with van der Waals surface area (Å²) < 4.78 is 0. The molecule has 0 aromatic rings. The van der Waals surface area contributed by atoms with E-state index in [0.29, 0.717) is 5.75 Å². The molecule has 42 valence electrons. The van der Waals surface area contributed by atoms with Crippen LogP contribution < -0.4 is 5.73 Å². The minimum absolute atomic E-state index is 0.00463. The Labute approximate surface area is 48.5 Å². The monoisotopic (exact) mass is 119 g/mol. The van der Waals surface area contributed by atoms with Gasteiger partial charge < -0.3 is 5.73 Å². The number of hydrogen-bond acceptors (Lipinski definition) is 3. The van der Waals surface area contributed by atoms with Crippen LogP contribution in [0.2, 0.25) is 0 Å². The summed E-state index contributed by atoms with van der Waals surface area (Å²) >= 11 is 3.81. The highest BCUT2D eigenvalue weighted by Crippen LogP contribution is 1.82. The third-order valence-electron chi connectivity index (χ3n) is 0.719. The average Bonchev–Trinajstić information content (AvgIpc) is 1.65. The summed E-state index contributed by atoms with van der Waals surface area (Å²) in [6, 6.07) is -0.372. The lowest BCUT2D eigenvalue weighted by Crippen LogP contribution is -2.29. The van der Waals surface area contributed by atoms with Gasteiger partial charge in [-0.05, 0) is 6.92 Å². The summed E-state index contributed by atoms with van der Waals surface area (Å²) in [4.78, 5) is 10.2. The SMILES string of the molecule is CC(=O)[C@H](N)CS. The van der Waals surface area contributed by atoms with Gasteiger partial charge in [-0.3, -0.25) is 4.79 Å². The quantitative estimate of drug-likeness (QED) is 0.496. The smallest absolute Gasteiger partial charge is 0.147 e. The molecule has 0 radical (unpaired) electrons. The lowest BCUT2D eigenvalue weighted by molar-refractivity contribution is -0.117. The van der Waals surface area contributed by atoms with E-state index in [-0.39, 0.29) is 11.8 Å². The second kappa shape index (κ2) is 3.04. The third-order valence-corrected chi connectivity index (χ3v) is 1.11. The van der Waals surface area contributed by atoms with Crippen molar-refractivity contribution >= 4 is 18.4 Å². The molecule has 0 aromatic heterocycles. The van der Waals surface area contributed by atoms with E-state index < -0.39 is 0 Å². The summed E-state index contributed by atoms with van der Waals surface area (Å²) in [6.07, 6.45) is 0. The zero-order chi connectivity index (χ0) is 5.86. The molecule has 0 bridgehead atoms. The fourth-order valence-electron chi connectivity index (χ4n) is 0.129. The molecule has 0 fully saturated rings. The third kappa shape index (κ3) is 2.65. The Hall–Kier alpha value is -0.0200. The van der Waals surface area contributed by atoms with Crippen LogP contribution in [-0.4, -0.2) is 17.6 Å². The fourth-order valence-corrected chi connectivity index (χ4v) is 0.386. The highest BCUT2D eigenvalue weighted by atomic mass is 32.1. The van der Waals surface area contributed by atoms with Crippen LogP contribution in [0.1, 0.15) is 6.92 Å². The first-order valence-corrected chi connectivity index (χ1v) is 2.68. The van der Waals surface area contributed by atoms with Crippen molar-refractivity contribution in [1.29, 1.82) is 0 Å². The normalized spacial score (nSPS) is 13.6. The van der Waals surface area contributed by atoms with Gasteiger partial charge in [-0.1, -0.05) is 0 Å². The molecular formula is C4H9NOS. The van der Waals surface area contributed by atoms with Gasteiger partial charge in [0.05, 0.1) is 6.04 Å². The Morgan fingerprint density at radius 3 is 2.43 bits per heavy atom. The summed E-state index contributed by atoms with van der Waals surface area (Å²) in [5, 5.41) is 0. The molecule has 0 saturated carbocycles. The zero-order valence-electron chi connectivity index (χ0n) is 4.22. The molecule has 2 nitrogen and oxygen atoms in total. The number of thiol groups is 1. The summed E-state index contributed by atoms with van der Waals surface area (Å²) in [5.41, 5.74) is 5.19. The topological polar surface area (TPSA) is 43.1 Å². The van der Waals surface area contributed by atoms with Crippen LogP contribution in [0.4, 0.5) is 0 Å². The van der Waals surface area contributed by atoms with Crippen molar-refractivity contribution in [2.45, 2.75) is 13.0 Å². The van der Waals surface area contributed by atoms with Crippen molar-refractivity contribution in [3.05, 3.63) is 0 Å². The van der Waals surface area contributed by atoms with Gasteiger partial charge in [-0.2, -0.15) is 12.6 Å². The standard InChI is InChI=1S/C4H9NOS/c1-3(6)4(5)2-7/h4,7H,2,5H2,1H3/t4-/m1/s1. The number of carbonyl (C=O) groups excluding carboxylic acids is 1. The van der Waals surface area contributed by atoms with Gasteiger partial charge in [-0.15, -0.1) is 0 Å². The summed E-state index contributed by atoms with van der Waals surface area (Å²) in [7, 11) is 0. The molecule has 0 spiro atoms. The van der Waals surface area contributed by atoms with Crippen molar-refractivity contribution in [3.63, 3.8) is 0 Å². The van der Waals surface area contributed by atoms with Crippen LogP contribution in [0.25, 0.3) is 0 Å². The molecule has 0 aliphatic rings. The largest absolute Gasteiger partial charge is 0.321 e. The lowest BCUT2D eigenvalue weighted by Gasteiger charge is -1.98. The molecule has 0 saturated heterocycles. The van der Waals surface area contributed by atoms with E-state index in [2.05, 4.69) is 12.6 Å². The molecule has 0 unspecified atom stereocenters. The van der Waals surface area contributed by atoms with E-state index in [1.165, 1.54) is 6.92 Å². The van der Waals surface area contributed by atoms with E-state index in [1.54, 1.807) is 0 Å². The number of Topliss-reactive ketones (excluding diaryl/α,β-unsaturated/α-hetero) is 1. The van der Waals surface area contributed by atoms with Crippen LogP contribution in [0.15, 0.2) is 0 Å². The number of hydrogen-bond donors (Lipinski definition) is 2. The first kappa shape index (κ1) is 6.98. The van der Waals surface area contributed by atoms with E-state index in [4.69, 9.17) is 5.73 Å². The maximum atomic E-state index is 10.2. The molecule has 7 heavy (non-hydrogen) atoms. The van der Waals surface area contributed by atoms with E-state index >= 15 is 0 Å². The Bertz CT molecular complexity index is 74.1. The minimum atomic E-state index is -0.372. The minimum Gasteiger partial charge on any atom is -0.321 e. The van der Waals surface area contributed by atoms with Crippen LogP contribution >= 0.6 is 12.6 Å².